The number of hydrogen-bond acceptors (Lipinski definition) is 4. The third-order valence-corrected chi connectivity index (χ3v) is 7.89. The molecule has 0 radical (unpaired) electrons. The fourth-order valence-corrected chi connectivity index (χ4v) is 6.04. The van der Waals surface area contributed by atoms with Crippen LogP contribution < -0.4 is 5.32 Å². The van der Waals surface area contributed by atoms with Crippen molar-refractivity contribution in [1.29, 1.82) is 0 Å². The highest BCUT2D eigenvalue weighted by atomic mass is 32.2. The second-order valence-corrected chi connectivity index (χ2v) is 10.4. The van der Waals surface area contributed by atoms with E-state index in [0.717, 1.165) is 23.4 Å². The maximum Gasteiger partial charge on any atom is 0.252 e. The molecule has 4 nitrogen and oxygen atoms in total. The molecule has 1 aliphatic heterocycles. The van der Waals surface area contributed by atoms with Gasteiger partial charge in [0.15, 0.2) is 0 Å². The largest absolute Gasteiger partial charge is 0.309 e. The number of sulfonamides is 1. The Hall–Kier alpha value is -0.430. The zero-order valence-electron chi connectivity index (χ0n) is 13.0. The minimum atomic E-state index is -3.31. The predicted octanol–water partition coefficient (Wildman–Crippen LogP) is 2.73. The van der Waals surface area contributed by atoms with Gasteiger partial charge in [-0.3, -0.25) is 0 Å². The molecular formula is C15H24N2O2S2. The minimum Gasteiger partial charge on any atom is -0.309 e. The Morgan fingerprint density at radius 1 is 1.43 bits per heavy atom. The van der Waals surface area contributed by atoms with E-state index in [1.54, 1.807) is 4.31 Å². The van der Waals surface area contributed by atoms with E-state index in [9.17, 15) is 8.42 Å². The van der Waals surface area contributed by atoms with Gasteiger partial charge in [0.1, 0.15) is 4.21 Å². The first-order chi connectivity index (χ1) is 9.78. The molecule has 2 heterocycles. The number of thiophene rings is 1. The van der Waals surface area contributed by atoms with Crippen LogP contribution in [0.3, 0.4) is 0 Å². The van der Waals surface area contributed by atoms with Crippen LogP contribution in [-0.2, 0) is 16.6 Å². The number of hydrogen-bond donors (Lipinski definition) is 1. The van der Waals surface area contributed by atoms with Gasteiger partial charge in [0.2, 0.25) is 0 Å². The van der Waals surface area contributed by atoms with E-state index in [-0.39, 0.29) is 5.41 Å². The number of aryl methyl sites for hydroxylation is 1. The van der Waals surface area contributed by atoms with Crippen LogP contribution in [0.25, 0.3) is 0 Å². The maximum atomic E-state index is 12.8. The summed E-state index contributed by atoms with van der Waals surface area (Å²) < 4.78 is 27.7. The highest BCUT2D eigenvalue weighted by molar-refractivity contribution is 7.91. The van der Waals surface area contributed by atoms with Gasteiger partial charge in [-0.1, -0.05) is 13.8 Å². The molecular weight excluding hydrogens is 304 g/mol. The average molecular weight is 329 g/mol. The van der Waals surface area contributed by atoms with Crippen LogP contribution in [0.2, 0.25) is 0 Å². The molecule has 0 bridgehead atoms. The molecule has 0 aromatic carbocycles. The van der Waals surface area contributed by atoms with Crippen LogP contribution in [0, 0.1) is 12.3 Å². The topological polar surface area (TPSA) is 49.4 Å². The van der Waals surface area contributed by atoms with Crippen molar-refractivity contribution in [3.8, 4) is 0 Å². The first-order valence-electron chi connectivity index (χ1n) is 7.61. The molecule has 6 heteroatoms. The van der Waals surface area contributed by atoms with Crippen molar-refractivity contribution in [2.45, 2.75) is 56.8 Å². The number of nitrogens with zero attached hydrogens (tertiary/aromatic N) is 1. The third-order valence-electron chi connectivity index (χ3n) is 4.36. The van der Waals surface area contributed by atoms with E-state index < -0.39 is 10.0 Å². The summed E-state index contributed by atoms with van der Waals surface area (Å²) in [6.07, 6.45) is 3.43. The van der Waals surface area contributed by atoms with Gasteiger partial charge in [0.05, 0.1) is 0 Å². The van der Waals surface area contributed by atoms with Crippen LogP contribution >= 0.6 is 11.3 Å². The molecule has 1 aromatic heterocycles. The summed E-state index contributed by atoms with van der Waals surface area (Å²) in [5.74, 6) is 0. The summed E-state index contributed by atoms with van der Waals surface area (Å²) in [4.78, 5) is 1.15. The fraction of sp³-hybridized carbons (Fsp3) is 0.733. The molecule has 0 amide bonds. The van der Waals surface area contributed by atoms with Crippen LogP contribution in [0.1, 0.15) is 43.6 Å². The van der Waals surface area contributed by atoms with Crippen LogP contribution in [0.4, 0.5) is 0 Å². The molecule has 1 N–H and O–H groups in total. The van der Waals surface area contributed by atoms with Crippen molar-refractivity contribution >= 4 is 21.4 Å². The van der Waals surface area contributed by atoms with Crippen molar-refractivity contribution in [2.75, 3.05) is 13.1 Å². The smallest absolute Gasteiger partial charge is 0.252 e. The Morgan fingerprint density at radius 2 is 2.14 bits per heavy atom. The second-order valence-electron chi connectivity index (χ2n) is 7.08. The lowest BCUT2D eigenvalue weighted by Gasteiger charge is -2.18. The molecule has 1 saturated heterocycles. The maximum absolute atomic E-state index is 12.8. The Bertz CT molecular complexity index is 630. The summed E-state index contributed by atoms with van der Waals surface area (Å²) in [5, 5.41) is 3.46. The van der Waals surface area contributed by atoms with Crippen LogP contribution in [0.5, 0.6) is 0 Å². The lowest BCUT2D eigenvalue weighted by Crippen LogP contribution is -2.29. The van der Waals surface area contributed by atoms with E-state index in [4.69, 9.17) is 0 Å². The van der Waals surface area contributed by atoms with Gasteiger partial charge < -0.3 is 5.32 Å². The zero-order chi connectivity index (χ0) is 15.3. The van der Waals surface area contributed by atoms with E-state index in [1.165, 1.54) is 24.2 Å². The quantitative estimate of drug-likeness (QED) is 0.904. The molecule has 1 aromatic rings. The first kappa shape index (κ1) is 15.5. The molecule has 1 saturated carbocycles. The number of rotatable bonds is 5. The van der Waals surface area contributed by atoms with Crippen molar-refractivity contribution in [2.24, 2.45) is 5.41 Å². The molecule has 118 valence electrons. The van der Waals surface area contributed by atoms with E-state index in [1.807, 2.05) is 13.0 Å². The third kappa shape index (κ3) is 3.33. The molecule has 0 unspecified atom stereocenters. The van der Waals surface area contributed by atoms with Crippen LogP contribution in [-0.4, -0.2) is 31.9 Å². The molecule has 21 heavy (non-hydrogen) atoms. The van der Waals surface area contributed by atoms with Gasteiger partial charge in [-0.05, 0) is 43.2 Å². The molecule has 1 aliphatic carbocycles. The van der Waals surface area contributed by atoms with Crippen molar-refractivity contribution in [3.05, 3.63) is 16.5 Å². The second kappa shape index (κ2) is 5.33. The molecule has 3 rings (SSSR count). The summed E-state index contributed by atoms with van der Waals surface area (Å²) in [6, 6.07) is 2.49. The van der Waals surface area contributed by atoms with Gasteiger partial charge >= 0.3 is 0 Å². The Balaban J connectivity index is 1.77. The highest BCUT2D eigenvalue weighted by Gasteiger charge is 2.37. The molecule has 2 aliphatic rings. The van der Waals surface area contributed by atoms with Crippen molar-refractivity contribution in [1.82, 2.24) is 9.62 Å². The van der Waals surface area contributed by atoms with E-state index in [2.05, 4.69) is 19.2 Å². The normalized spacial score (nSPS) is 22.8. The van der Waals surface area contributed by atoms with E-state index in [0.29, 0.717) is 23.3 Å². The highest BCUT2D eigenvalue weighted by Crippen LogP contribution is 2.35. The van der Waals surface area contributed by atoms with Crippen molar-refractivity contribution < 1.29 is 8.42 Å². The average Bonchev–Trinajstić information content (AvgIpc) is 3.04. The van der Waals surface area contributed by atoms with Crippen molar-refractivity contribution in [3.63, 3.8) is 0 Å². The van der Waals surface area contributed by atoms with Crippen LogP contribution in [0.15, 0.2) is 10.3 Å². The minimum absolute atomic E-state index is 0.0930. The number of nitrogens with one attached hydrogen (secondary N) is 1. The standard InChI is InChI=1S/C15H24N2O2S2/c1-11-8-14(20-13(11)9-16-12-4-5-12)21(18,19)17-7-6-15(2,3)10-17/h8,12,16H,4-7,9-10H2,1-3H3. The van der Waals surface area contributed by atoms with E-state index >= 15 is 0 Å². The van der Waals surface area contributed by atoms with Gasteiger partial charge in [-0.15, -0.1) is 11.3 Å². The molecule has 0 spiro atoms. The molecule has 0 atom stereocenters. The monoisotopic (exact) mass is 328 g/mol. The van der Waals surface area contributed by atoms with Gasteiger partial charge in [0, 0.05) is 30.6 Å². The first-order valence-corrected chi connectivity index (χ1v) is 9.86. The lowest BCUT2D eigenvalue weighted by atomic mass is 9.93. The predicted molar refractivity (Wildman–Crippen MR) is 86.1 cm³/mol. The Kier molecular flexibility index (Phi) is 3.93. The lowest BCUT2D eigenvalue weighted by molar-refractivity contribution is 0.376. The SMILES string of the molecule is Cc1cc(S(=O)(=O)N2CCC(C)(C)C2)sc1CNC1CC1. The van der Waals surface area contributed by atoms with Gasteiger partial charge in [-0.25, -0.2) is 8.42 Å². The van der Waals surface area contributed by atoms with Gasteiger partial charge in [-0.2, -0.15) is 4.31 Å². The summed E-state index contributed by atoms with van der Waals surface area (Å²) in [6.45, 7) is 8.33. The Morgan fingerprint density at radius 3 is 2.71 bits per heavy atom. The Labute approximate surface area is 131 Å². The molecule has 2 fully saturated rings. The van der Waals surface area contributed by atoms with Gasteiger partial charge in [0.25, 0.3) is 10.0 Å². The summed E-state index contributed by atoms with van der Waals surface area (Å²) in [7, 11) is -3.31. The fourth-order valence-electron chi connectivity index (χ4n) is 2.71. The summed E-state index contributed by atoms with van der Waals surface area (Å²) >= 11 is 1.43. The zero-order valence-corrected chi connectivity index (χ0v) is 14.6. The summed E-state index contributed by atoms with van der Waals surface area (Å²) in [5.41, 5.74) is 1.18.